The number of anilines is 1. The Balaban J connectivity index is 3.19. The van der Waals surface area contributed by atoms with Crippen LogP contribution in [-0.4, -0.2) is 19.3 Å². The first-order valence-electron chi connectivity index (χ1n) is 4.60. The Kier molecular flexibility index (Phi) is 3.77. The number of hydrogen-bond donors (Lipinski definition) is 2. The van der Waals surface area contributed by atoms with Crippen LogP contribution in [0.2, 0.25) is 0 Å². The second-order valence-electron chi connectivity index (χ2n) is 3.57. The molecule has 90 valence electrons. The summed E-state index contributed by atoms with van der Waals surface area (Å²) in [4.78, 5) is 1.70. The van der Waals surface area contributed by atoms with Crippen molar-refractivity contribution in [3.05, 3.63) is 29.3 Å². The molecule has 0 fully saturated rings. The molecule has 0 radical (unpaired) electrons. The number of halogens is 3. The molecule has 0 saturated heterocycles. The van der Waals surface area contributed by atoms with Gasteiger partial charge in [-0.25, -0.2) is 5.48 Å². The molecule has 0 spiro atoms. The van der Waals surface area contributed by atoms with Crippen LogP contribution in [-0.2, 0) is 12.7 Å². The minimum atomic E-state index is -4.41. The Labute approximate surface area is 91.4 Å². The molecule has 1 rings (SSSR count). The molecule has 0 bridgehead atoms. The summed E-state index contributed by atoms with van der Waals surface area (Å²) in [6, 6.07) is 3.80. The number of hydrogen-bond acceptors (Lipinski definition) is 3. The van der Waals surface area contributed by atoms with Crippen LogP contribution < -0.4 is 10.4 Å². The number of benzene rings is 1. The molecule has 1 aromatic carbocycles. The van der Waals surface area contributed by atoms with Gasteiger partial charge in [0.15, 0.2) is 0 Å². The zero-order valence-corrected chi connectivity index (χ0v) is 8.97. The largest absolute Gasteiger partial charge is 0.416 e. The van der Waals surface area contributed by atoms with E-state index in [4.69, 9.17) is 5.21 Å². The van der Waals surface area contributed by atoms with E-state index in [1.807, 2.05) is 0 Å². The van der Waals surface area contributed by atoms with Crippen molar-refractivity contribution in [2.75, 3.05) is 19.0 Å². The van der Waals surface area contributed by atoms with Crippen LogP contribution in [0.4, 0.5) is 18.9 Å². The summed E-state index contributed by atoms with van der Waals surface area (Å²) in [5.74, 6) is 0. The molecular formula is C10H13F3N2O. The Bertz CT molecular complexity index is 364. The van der Waals surface area contributed by atoms with Gasteiger partial charge >= 0.3 is 6.18 Å². The molecule has 0 aliphatic rings. The highest BCUT2D eigenvalue weighted by atomic mass is 19.4. The smallest absolute Gasteiger partial charge is 0.378 e. The zero-order chi connectivity index (χ0) is 12.3. The predicted molar refractivity (Wildman–Crippen MR) is 54.4 cm³/mol. The van der Waals surface area contributed by atoms with Gasteiger partial charge in [-0.3, -0.25) is 0 Å². The fourth-order valence-corrected chi connectivity index (χ4v) is 1.37. The van der Waals surface area contributed by atoms with E-state index in [0.717, 1.165) is 6.07 Å². The Morgan fingerprint density at radius 2 is 1.94 bits per heavy atom. The molecule has 16 heavy (non-hydrogen) atoms. The fourth-order valence-electron chi connectivity index (χ4n) is 1.37. The SMILES string of the molecule is CN(C)c1ccc(C(F)(F)F)c(CNO)c1. The van der Waals surface area contributed by atoms with Crippen LogP contribution in [0.15, 0.2) is 18.2 Å². The number of nitrogens with one attached hydrogen (secondary N) is 1. The third-order valence-electron chi connectivity index (χ3n) is 2.18. The van der Waals surface area contributed by atoms with Crippen molar-refractivity contribution in [3.63, 3.8) is 0 Å². The van der Waals surface area contributed by atoms with Gasteiger partial charge in [-0.15, -0.1) is 0 Å². The Morgan fingerprint density at radius 1 is 1.31 bits per heavy atom. The van der Waals surface area contributed by atoms with Gasteiger partial charge < -0.3 is 10.1 Å². The van der Waals surface area contributed by atoms with Crippen LogP contribution in [0.1, 0.15) is 11.1 Å². The van der Waals surface area contributed by atoms with Gasteiger partial charge in [-0.2, -0.15) is 13.2 Å². The Hall–Kier alpha value is -1.27. The number of hydroxylamine groups is 1. The zero-order valence-electron chi connectivity index (χ0n) is 8.97. The van der Waals surface area contributed by atoms with Gasteiger partial charge in [0.1, 0.15) is 0 Å². The summed E-state index contributed by atoms with van der Waals surface area (Å²) in [5.41, 5.74) is 1.67. The lowest BCUT2D eigenvalue weighted by molar-refractivity contribution is -0.138. The number of nitrogens with zero attached hydrogens (tertiary/aromatic N) is 1. The highest BCUT2D eigenvalue weighted by molar-refractivity contribution is 5.50. The van der Waals surface area contributed by atoms with Crippen LogP contribution in [0.25, 0.3) is 0 Å². The number of alkyl halides is 3. The van der Waals surface area contributed by atoms with E-state index in [9.17, 15) is 13.2 Å². The van der Waals surface area contributed by atoms with Crippen molar-refractivity contribution in [2.45, 2.75) is 12.7 Å². The van der Waals surface area contributed by atoms with Gasteiger partial charge in [0.05, 0.1) is 5.56 Å². The lowest BCUT2D eigenvalue weighted by Gasteiger charge is -2.17. The molecule has 0 atom stereocenters. The van der Waals surface area contributed by atoms with Crippen LogP contribution >= 0.6 is 0 Å². The second-order valence-corrected chi connectivity index (χ2v) is 3.57. The third-order valence-corrected chi connectivity index (χ3v) is 2.18. The van der Waals surface area contributed by atoms with E-state index in [1.165, 1.54) is 12.1 Å². The van der Waals surface area contributed by atoms with Crippen molar-refractivity contribution in [1.29, 1.82) is 0 Å². The van der Waals surface area contributed by atoms with Crippen molar-refractivity contribution < 1.29 is 18.4 Å². The maximum atomic E-state index is 12.6. The molecular weight excluding hydrogens is 221 g/mol. The average Bonchev–Trinajstić information content (AvgIpc) is 2.16. The number of rotatable bonds is 3. The average molecular weight is 234 g/mol. The van der Waals surface area contributed by atoms with E-state index in [-0.39, 0.29) is 12.1 Å². The molecule has 0 heterocycles. The van der Waals surface area contributed by atoms with Gasteiger partial charge in [0.2, 0.25) is 0 Å². The molecule has 0 amide bonds. The van der Waals surface area contributed by atoms with Crippen molar-refractivity contribution in [1.82, 2.24) is 5.48 Å². The van der Waals surface area contributed by atoms with Crippen LogP contribution in [0.5, 0.6) is 0 Å². The molecule has 0 aliphatic carbocycles. The monoisotopic (exact) mass is 234 g/mol. The normalized spacial score (nSPS) is 11.6. The van der Waals surface area contributed by atoms with Gasteiger partial charge in [-0.05, 0) is 23.8 Å². The predicted octanol–water partition coefficient (Wildman–Crippen LogP) is 2.25. The molecule has 0 aromatic heterocycles. The van der Waals surface area contributed by atoms with Crippen LogP contribution in [0, 0.1) is 0 Å². The summed E-state index contributed by atoms with van der Waals surface area (Å²) in [5, 5.41) is 8.51. The molecule has 0 unspecified atom stereocenters. The summed E-state index contributed by atoms with van der Waals surface area (Å²) < 4.78 is 37.7. The maximum Gasteiger partial charge on any atom is 0.416 e. The summed E-state index contributed by atoms with van der Waals surface area (Å²) >= 11 is 0. The van der Waals surface area contributed by atoms with Crippen LogP contribution in [0.3, 0.4) is 0 Å². The highest BCUT2D eigenvalue weighted by Gasteiger charge is 2.33. The Morgan fingerprint density at radius 3 is 2.38 bits per heavy atom. The third kappa shape index (κ3) is 2.86. The molecule has 2 N–H and O–H groups in total. The summed E-state index contributed by atoms with van der Waals surface area (Å²) in [7, 11) is 3.47. The highest BCUT2D eigenvalue weighted by Crippen LogP contribution is 2.33. The van der Waals surface area contributed by atoms with Crippen molar-refractivity contribution in [2.24, 2.45) is 0 Å². The van der Waals surface area contributed by atoms with Crippen molar-refractivity contribution in [3.8, 4) is 0 Å². The maximum absolute atomic E-state index is 12.6. The summed E-state index contributed by atoms with van der Waals surface area (Å²) in [6.45, 7) is -0.240. The molecule has 1 aromatic rings. The van der Waals surface area contributed by atoms with E-state index in [0.29, 0.717) is 5.69 Å². The molecule has 0 saturated carbocycles. The van der Waals surface area contributed by atoms with E-state index >= 15 is 0 Å². The lowest BCUT2D eigenvalue weighted by atomic mass is 10.1. The standard InChI is InChI=1S/C10H13F3N2O/c1-15(2)8-3-4-9(10(11,12)13)7(5-8)6-14-16/h3-5,14,16H,6H2,1-2H3. The first kappa shape index (κ1) is 12.8. The molecule has 6 heteroatoms. The topological polar surface area (TPSA) is 35.5 Å². The first-order chi connectivity index (χ1) is 7.36. The van der Waals surface area contributed by atoms with Crippen molar-refractivity contribution >= 4 is 5.69 Å². The quantitative estimate of drug-likeness (QED) is 0.787. The molecule has 0 aliphatic heterocycles. The lowest BCUT2D eigenvalue weighted by Crippen LogP contribution is -2.16. The van der Waals surface area contributed by atoms with Gasteiger partial charge in [0.25, 0.3) is 0 Å². The minimum Gasteiger partial charge on any atom is -0.378 e. The molecule has 3 nitrogen and oxygen atoms in total. The minimum absolute atomic E-state index is 0.0150. The second kappa shape index (κ2) is 4.71. The van der Waals surface area contributed by atoms with Gasteiger partial charge in [-0.1, -0.05) is 0 Å². The first-order valence-corrected chi connectivity index (χ1v) is 4.60. The van der Waals surface area contributed by atoms with E-state index in [1.54, 1.807) is 24.5 Å². The fraction of sp³-hybridized carbons (Fsp3) is 0.400. The van der Waals surface area contributed by atoms with E-state index < -0.39 is 11.7 Å². The van der Waals surface area contributed by atoms with E-state index in [2.05, 4.69) is 0 Å². The summed E-state index contributed by atoms with van der Waals surface area (Å²) in [6.07, 6.45) is -4.41. The van der Waals surface area contributed by atoms with Gasteiger partial charge in [0, 0.05) is 26.3 Å².